The second-order valence-electron chi connectivity index (χ2n) is 7.03. The average molecular weight is 415 g/mol. The first kappa shape index (κ1) is 19.9. The zero-order valence-corrected chi connectivity index (χ0v) is 17.4. The van der Waals surface area contributed by atoms with Crippen LogP contribution in [0.3, 0.4) is 0 Å². The lowest BCUT2D eigenvalue weighted by molar-refractivity contribution is 0.103. The minimum atomic E-state index is 0.0288. The molecule has 4 rings (SSSR count). The Morgan fingerprint density at radius 2 is 1.63 bits per heavy atom. The molecule has 0 amide bonds. The Bertz CT molecular complexity index is 1120. The second-order valence-corrected chi connectivity index (χ2v) is 7.92. The average Bonchev–Trinajstić information content (AvgIpc) is 3.24. The summed E-state index contributed by atoms with van der Waals surface area (Å²) in [4.78, 5) is 17.2. The lowest BCUT2D eigenvalue weighted by atomic mass is 9.89. The van der Waals surface area contributed by atoms with Crippen LogP contribution in [0, 0.1) is 0 Å². The SMILES string of the molecule is COc1ccc(C(Cc2ccc(C(=O)c3ccccc3)cc2)c2csc(N)n2)cc1. The predicted octanol–water partition coefficient (Wildman–Crippen LogP) is 5.34. The first-order valence-electron chi connectivity index (χ1n) is 9.67. The highest BCUT2D eigenvalue weighted by atomic mass is 32.1. The van der Waals surface area contributed by atoms with Gasteiger partial charge in [-0.2, -0.15) is 0 Å². The van der Waals surface area contributed by atoms with Gasteiger partial charge in [0.15, 0.2) is 10.9 Å². The summed E-state index contributed by atoms with van der Waals surface area (Å²) in [5.74, 6) is 0.917. The van der Waals surface area contributed by atoms with Crippen molar-refractivity contribution < 1.29 is 9.53 Å². The summed E-state index contributed by atoms with van der Waals surface area (Å²) in [6, 6.07) is 25.2. The number of methoxy groups -OCH3 is 1. The number of hydrogen-bond acceptors (Lipinski definition) is 5. The van der Waals surface area contributed by atoms with Gasteiger partial charge in [-0.1, -0.05) is 66.7 Å². The van der Waals surface area contributed by atoms with Crippen LogP contribution in [0.2, 0.25) is 0 Å². The van der Waals surface area contributed by atoms with Gasteiger partial charge in [-0.3, -0.25) is 4.79 Å². The predicted molar refractivity (Wildman–Crippen MR) is 121 cm³/mol. The number of benzene rings is 3. The molecule has 1 atom stereocenters. The van der Waals surface area contributed by atoms with Crippen LogP contribution in [0.1, 0.15) is 38.7 Å². The first-order valence-corrected chi connectivity index (χ1v) is 10.6. The molecule has 30 heavy (non-hydrogen) atoms. The van der Waals surface area contributed by atoms with E-state index in [-0.39, 0.29) is 11.7 Å². The van der Waals surface area contributed by atoms with E-state index in [4.69, 9.17) is 10.5 Å². The Morgan fingerprint density at radius 3 is 2.23 bits per heavy atom. The number of carbonyl (C=O) groups excluding carboxylic acids is 1. The van der Waals surface area contributed by atoms with Gasteiger partial charge in [0.25, 0.3) is 0 Å². The number of ether oxygens (including phenoxy) is 1. The van der Waals surface area contributed by atoms with Crippen LogP contribution in [0.5, 0.6) is 5.75 Å². The van der Waals surface area contributed by atoms with Crippen molar-refractivity contribution in [3.63, 3.8) is 0 Å². The van der Waals surface area contributed by atoms with Gasteiger partial charge in [0.2, 0.25) is 0 Å². The lowest BCUT2D eigenvalue weighted by Gasteiger charge is -2.16. The minimum absolute atomic E-state index is 0.0288. The zero-order valence-electron chi connectivity index (χ0n) is 16.6. The number of carbonyl (C=O) groups is 1. The third-order valence-electron chi connectivity index (χ3n) is 5.11. The third-order valence-corrected chi connectivity index (χ3v) is 5.80. The number of nitrogens with zero attached hydrogens (tertiary/aromatic N) is 1. The molecule has 0 aliphatic heterocycles. The van der Waals surface area contributed by atoms with E-state index in [0.717, 1.165) is 29.0 Å². The normalized spacial score (nSPS) is 11.8. The molecule has 4 aromatic rings. The molecule has 0 saturated carbocycles. The molecule has 0 saturated heterocycles. The highest BCUT2D eigenvalue weighted by molar-refractivity contribution is 7.13. The van der Waals surface area contributed by atoms with E-state index < -0.39 is 0 Å². The molecule has 0 radical (unpaired) electrons. The number of ketones is 1. The summed E-state index contributed by atoms with van der Waals surface area (Å²) >= 11 is 1.45. The summed E-state index contributed by atoms with van der Waals surface area (Å²) < 4.78 is 5.28. The maximum atomic E-state index is 12.7. The number of nitrogens with two attached hydrogens (primary N) is 1. The van der Waals surface area contributed by atoms with Gasteiger partial charge in [-0.05, 0) is 29.7 Å². The van der Waals surface area contributed by atoms with E-state index in [2.05, 4.69) is 17.1 Å². The summed E-state index contributed by atoms with van der Waals surface area (Å²) in [6.07, 6.45) is 0.759. The summed E-state index contributed by atoms with van der Waals surface area (Å²) in [6.45, 7) is 0. The van der Waals surface area contributed by atoms with Crippen molar-refractivity contribution in [3.05, 3.63) is 112 Å². The van der Waals surface area contributed by atoms with E-state index in [1.165, 1.54) is 11.3 Å². The summed E-state index contributed by atoms with van der Waals surface area (Å²) in [5.41, 5.74) is 10.5. The van der Waals surface area contributed by atoms with Gasteiger partial charge in [0.05, 0.1) is 12.8 Å². The number of rotatable bonds is 7. The molecule has 1 unspecified atom stereocenters. The molecule has 0 spiro atoms. The molecule has 0 aliphatic rings. The maximum Gasteiger partial charge on any atom is 0.193 e. The number of aromatic nitrogens is 1. The molecule has 4 nitrogen and oxygen atoms in total. The Labute approximate surface area is 180 Å². The van der Waals surface area contributed by atoms with Crippen LogP contribution >= 0.6 is 11.3 Å². The van der Waals surface area contributed by atoms with E-state index in [1.54, 1.807) is 7.11 Å². The molecule has 5 heteroatoms. The quantitative estimate of drug-likeness (QED) is 0.415. The molecular weight excluding hydrogens is 392 g/mol. The Morgan fingerprint density at radius 1 is 0.967 bits per heavy atom. The number of nitrogen functional groups attached to an aromatic ring is 1. The van der Waals surface area contributed by atoms with Gasteiger partial charge in [-0.25, -0.2) is 4.98 Å². The first-order chi connectivity index (χ1) is 14.6. The van der Waals surface area contributed by atoms with E-state index in [0.29, 0.717) is 16.3 Å². The standard InChI is InChI=1S/C25H22N2O2S/c1-29-21-13-11-18(12-14-21)22(23-16-30-25(26)27-23)15-17-7-9-20(10-8-17)24(28)19-5-3-2-4-6-19/h2-14,16,22H,15H2,1H3,(H2,26,27). The topological polar surface area (TPSA) is 65.2 Å². The number of thiazole rings is 1. The summed E-state index contributed by atoms with van der Waals surface area (Å²) in [5, 5.41) is 2.57. The lowest BCUT2D eigenvalue weighted by Crippen LogP contribution is -2.07. The molecule has 0 aliphatic carbocycles. The molecular formula is C25H22N2O2S. The molecule has 150 valence electrons. The minimum Gasteiger partial charge on any atom is -0.497 e. The van der Waals surface area contributed by atoms with Crippen LogP contribution in [-0.2, 0) is 6.42 Å². The van der Waals surface area contributed by atoms with Gasteiger partial charge >= 0.3 is 0 Å². The van der Waals surface area contributed by atoms with E-state index in [1.807, 2.05) is 72.1 Å². The molecule has 0 bridgehead atoms. The van der Waals surface area contributed by atoms with Crippen molar-refractivity contribution in [3.8, 4) is 5.75 Å². The number of hydrogen-bond donors (Lipinski definition) is 1. The van der Waals surface area contributed by atoms with Gasteiger partial charge in [0.1, 0.15) is 5.75 Å². The Hall–Kier alpha value is -3.44. The smallest absolute Gasteiger partial charge is 0.193 e. The van der Waals surface area contributed by atoms with Gasteiger partial charge < -0.3 is 10.5 Å². The zero-order chi connectivity index (χ0) is 20.9. The fourth-order valence-corrected chi connectivity index (χ4v) is 4.09. The van der Waals surface area contributed by atoms with Crippen molar-refractivity contribution in [2.75, 3.05) is 12.8 Å². The van der Waals surface area contributed by atoms with Crippen molar-refractivity contribution in [1.29, 1.82) is 0 Å². The highest BCUT2D eigenvalue weighted by Gasteiger charge is 2.19. The largest absolute Gasteiger partial charge is 0.497 e. The molecule has 1 heterocycles. The fraction of sp³-hybridized carbons (Fsp3) is 0.120. The maximum absolute atomic E-state index is 12.7. The molecule has 0 fully saturated rings. The molecule has 2 N–H and O–H groups in total. The van der Waals surface area contributed by atoms with Crippen LogP contribution < -0.4 is 10.5 Å². The van der Waals surface area contributed by atoms with Crippen LogP contribution in [0.25, 0.3) is 0 Å². The van der Waals surface area contributed by atoms with E-state index in [9.17, 15) is 4.79 Å². The monoisotopic (exact) mass is 414 g/mol. The van der Waals surface area contributed by atoms with Gasteiger partial charge in [0, 0.05) is 22.4 Å². The van der Waals surface area contributed by atoms with Crippen LogP contribution in [0.15, 0.2) is 84.2 Å². The van der Waals surface area contributed by atoms with Crippen molar-refractivity contribution in [2.45, 2.75) is 12.3 Å². The van der Waals surface area contributed by atoms with Crippen LogP contribution in [0.4, 0.5) is 5.13 Å². The second kappa shape index (κ2) is 8.93. The van der Waals surface area contributed by atoms with E-state index >= 15 is 0 Å². The highest BCUT2D eigenvalue weighted by Crippen LogP contribution is 2.31. The Kier molecular flexibility index (Phi) is 5.91. The molecule has 1 aromatic heterocycles. The fourth-order valence-electron chi connectivity index (χ4n) is 3.47. The van der Waals surface area contributed by atoms with Crippen molar-refractivity contribution in [1.82, 2.24) is 4.98 Å². The van der Waals surface area contributed by atoms with Crippen molar-refractivity contribution in [2.24, 2.45) is 0 Å². The summed E-state index contributed by atoms with van der Waals surface area (Å²) in [7, 11) is 1.66. The van der Waals surface area contributed by atoms with Crippen LogP contribution in [-0.4, -0.2) is 17.9 Å². The number of anilines is 1. The Balaban J connectivity index is 1.59. The van der Waals surface area contributed by atoms with Crippen molar-refractivity contribution >= 4 is 22.3 Å². The third kappa shape index (κ3) is 4.42. The van der Waals surface area contributed by atoms with Gasteiger partial charge in [-0.15, -0.1) is 11.3 Å². The molecule has 3 aromatic carbocycles.